The largest absolute Gasteiger partial charge is 0.459 e. The van der Waals surface area contributed by atoms with E-state index in [1.807, 2.05) is 0 Å². The van der Waals surface area contributed by atoms with Gasteiger partial charge in [-0.05, 0) is 23.9 Å². The van der Waals surface area contributed by atoms with E-state index >= 15 is 0 Å². The van der Waals surface area contributed by atoms with Crippen molar-refractivity contribution in [3.8, 4) is 11.7 Å². The van der Waals surface area contributed by atoms with Crippen LogP contribution in [0, 0.1) is 30.3 Å². The van der Waals surface area contributed by atoms with Crippen LogP contribution in [-0.2, 0) is 0 Å². The van der Waals surface area contributed by atoms with Crippen LogP contribution in [0.25, 0.3) is 11.7 Å². The summed E-state index contributed by atoms with van der Waals surface area (Å²) in [5.41, 5.74) is -2.43. The first-order valence-corrected chi connectivity index (χ1v) is 7.35. The van der Waals surface area contributed by atoms with Crippen LogP contribution < -0.4 is 0 Å². The highest BCUT2D eigenvalue weighted by atomic mass is 32.2. The van der Waals surface area contributed by atoms with Gasteiger partial charge in [-0.25, -0.2) is 0 Å². The van der Waals surface area contributed by atoms with Crippen LogP contribution in [0.2, 0.25) is 0 Å². The molecule has 0 saturated heterocycles. The number of hydrogen-bond acceptors (Lipinski definition) is 11. The van der Waals surface area contributed by atoms with Gasteiger partial charge in [-0.2, -0.15) is 0 Å². The molecule has 2 heterocycles. The fourth-order valence-corrected chi connectivity index (χ4v) is 2.76. The van der Waals surface area contributed by atoms with Gasteiger partial charge in [0.2, 0.25) is 0 Å². The van der Waals surface area contributed by atoms with Crippen molar-refractivity contribution >= 4 is 28.8 Å². The minimum atomic E-state index is -0.966. The molecule has 0 aliphatic rings. The zero-order chi connectivity index (χ0) is 18.8. The molecular formula is C12H5N5O8S. The third-order valence-corrected chi connectivity index (χ3v) is 3.93. The predicted molar refractivity (Wildman–Crippen MR) is 82.5 cm³/mol. The highest BCUT2D eigenvalue weighted by molar-refractivity contribution is 7.99. The summed E-state index contributed by atoms with van der Waals surface area (Å²) in [5, 5.41) is 40.4. The summed E-state index contributed by atoms with van der Waals surface area (Å²) in [7, 11) is 0. The van der Waals surface area contributed by atoms with Gasteiger partial charge in [0.1, 0.15) is 0 Å². The highest BCUT2D eigenvalue weighted by Crippen LogP contribution is 2.43. The van der Waals surface area contributed by atoms with E-state index in [4.69, 9.17) is 8.83 Å². The molecule has 0 radical (unpaired) electrons. The summed E-state index contributed by atoms with van der Waals surface area (Å²) in [4.78, 5) is 29.9. The zero-order valence-corrected chi connectivity index (χ0v) is 13.1. The second kappa shape index (κ2) is 6.60. The SMILES string of the molecule is O=[N+]([O-])c1cc([N+](=O)[O-])c(Sc2nnc(-c3ccco3)o2)c([N+](=O)[O-])c1. The maximum absolute atomic E-state index is 11.2. The van der Waals surface area contributed by atoms with Gasteiger partial charge in [0.05, 0.1) is 33.2 Å². The molecule has 2 aromatic heterocycles. The molecule has 3 rings (SSSR count). The van der Waals surface area contributed by atoms with Gasteiger partial charge in [-0.15, -0.1) is 10.2 Å². The summed E-state index contributed by atoms with van der Waals surface area (Å²) in [6, 6.07) is 4.34. The lowest BCUT2D eigenvalue weighted by Crippen LogP contribution is -1.99. The van der Waals surface area contributed by atoms with Crippen LogP contribution >= 0.6 is 11.8 Å². The first-order chi connectivity index (χ1) is 12.4. The molecule has 0 spiro atoms. The molecule has 3 aromatic rings. The Kier molecular flexibility index (Phi) is 4.32. The summed E-state index contributed by atoms with van der Waals surface area (Å²) in [6.07, 6.45) is 1.36. The van der Waals surface area contributed by atoms with Crippen molar-refractivity contribution in [2.24, 2.45) is 0 Å². The van der Waals surface area contributed by atoms with E-state index in [1.54, 1.807) is 6.07 Å². The summed E-state index contributed by atoms with van der Waals surface area (Å²) >= 11 is 0.448. The number of nitro groups is 3. The average molecular weight is 379 g/mol. The molecule has 0 saturated carbocycles. The van der Waals surface area contributed by atoms with Gasteiger partial charge < -0.3 is 8.83 Å². The average Bonchev–Trinajstić information content (AvgIpc) is 3.25. The standard InChI is InChI=1S/C12H5N5O8S/c18-15(19)6-4-7(16(20)21)10(8(5-6)17(22)23)26-12-14-13-11(25-12)9-2-1-3-24-9/h1-5H. The van der Waals surface area contributed by atoms with Crippen LogP contribution in [0.15, 0.2) is 49.5 Å². The van der Waals surface area contributed by atoms with Gasteiger partial charge >= 0.3 is 0 Å². The number of nitrogens with zero attached hydrogens (tertiary/aromatic N) is 5. The number of nitro benzene ring substituents is 3. The van der Waals surface area contributed by atoms with Crippen LogP contribution in [0.3, 0.4) is 0 Å². The first kappa shape index (κ1) is 17.0. The monoisotopic (exact) mass is 379 g/mol. The van der Waals surface area contributed by atoms with Crippen molar-refractivity contribution in [3.63, 3.8) is 0 Å². The Balaban J connectivity index is 2.07. The summed E-state index contributed by atoms with van der Waals surface area (Å²) < 4.78 is 10.3. The predicted octanol–water partition coefficient (Wildman–Crippen LogP) is 3.21. The number of rotatable bonds is 6. The molecule has 0 aliphatic carbocycles. The number of furan rings is 1. The van der Waals surface area contributed by atoms with E-state index in [0.717, 1.165) is 0 Å². The van der Waals surface area contributed by atoms with Crippen LogP contribution in [0.5, 0.6) is 0 Å². The van der Waals surface area contributed by atoms with Gasteiger partial charge in [0.15, 0.2) is 10.7 Å². The van der Waals surface area contributed by atoms with Crippen molar-refractivity contribution in [3.05, 3.63) is 60.9 Å². The topological polar surface area (TPSA) is 181 Å². The zero-order valence-electron chi connectivity index (χ0n) is 12.3. The quantitative estimate of drug-likeness (QED) is 0.452. The minimum absolute atomic E-state index is 0.0373. The minimum Gasteiger partial charge on any atom is -0.459 e. The van der Waals surface area contributed by atoms with Crippen molar-refractivity contribution < 1.29 is 23.6 Å². The molecule has 13 nitrogen and oxygen atoms in total. The maximum atomic E-state index is 11.2. The Hall–Kier alpha value is -3.81. The van der Waals surface area contributed by atoms with E-state index in [0.29, 0.717) is 23.9 Å². The van der Waals surface area contributed by atoms with Crippen LogP contribution in [0.4, 0.5) is 17.1 Å². The fraction of sp³-hybridized carbons (Fsp3) is 0. The summed E-state index contributed by atoms with van der Waals surface area (Å²) in [5.74, 6) is 0.196. The number of benzene rings is 1. The molecule has 0 fully saturated rings. The smallest absolute Gasteiger partial charge is 0.297 e. The third-order valence-electron chi connectivity index (χ3n) is 2.97. The molecule has 0 amide bonds. The summed E-state index contributed by atoms with van der Waals surface area (Å²) in [6.45, 7) is 0. The van der Waals surface area contributed by atoms with Crippen molar-refractivity contribution in [1.29, 1.82) is 0 Å². The lowest BCUT2D eigenvalue weighted by molar-refractivity contribution is -0.407. The number of aromatic nitrogens is 2. The number of non-ortho nitro benzene ring substituents is 1. The van der Waals surface area contributed by atoms with Gasteiger partial charge in [0.25, 0.3) is 28.2 Å². The lowest BCUT2D eigenvalue weighted by atomic mass is 10.2. The van der Waals surface area contributed by atoms with E-state index in [-0.39, 0.29) is 16.9 Å². The van der Waals surface area contributed by atoms with Crippen LogP contribution in [0.1, 0.15) is 0 Å². The molecule has 0 bridgehead atoms. The van der Waals surface area contributed by atoms with E-state index in [1.165, 1.54) is 12.3 Å². The molecule has 26 heavy (non-hydrogen) atoms. The Bertz CT molecular complexity index is 980. The normalized spacial score (nSPS) is 10.6. The third kappa shape index (κ3) is 3.20. The van der Waals surface area contributed by atoms with E-state index < -0.39 is 36.7 Å². The first-order valence-electron chi connectivity index (χ1n) is 6.53. The molecule has 132 valence electrons. The number of hydrogen-bond donors (Lipinski definition) is 0. The molecule has 0 N–H and O–H groups in total. The molecule has 0 aliphatic heterocycles. The Labute approximate surface area is 146 Å². The van der Waals surface area contributed by atoms with Crippen molar-refractivity contribution in [1.82, 2.24) is 10.2 Å². The second-order valence-electron chi connectivity index (χ2n) is 4.54. The van der Waals surface area contributed by atoms with Gasteiger partial charge in [-0.1, -0.05) is 0 Å². The van der Waals surface area contributed by atoms with Gasteiger partial charge in [0, 0.05) is 0 Å². The van der Waals surface area contributed by atoms with E-state index in [9.17, 15) is 30.3 Å². The van der Waals surface area contributed by atoms with Gasteiger partial charge in [-0.3, -0.25) is 30.3 Å². The maximum Gasteiger partial charge on any atom is 0.297 e. The highest BCUT2D eigenvalue weighted by Gasteiger charge is 2.32. The van der Waals surface area contributed by atoms with Crippen molar-refractivity contribution in [2.45, 2.75) is 10.1 Å². The Morgan fingerprint density at radius 2 is 1.62 bits per heavy atom. The van der Waals surface area contributed by atoms with E-state index in [2.05, 4.69) is 10.2 Å². The Morgan fingerprint density at radius 1 is 0.962 bits per heavy atom. The lowest BCUT2D eigenvalue weighted by Gasteiger charge is -2.01. The molecule has 0 unspecified atom stereocenters. The molecule has 14 heteroatoms. The van der Waals surface area contributed by atoms with Crippen LogP contribution in [-0.4, -0.2) is 25.0 Å². The molecular weight excluding hydrogens is 374 g/mol. The Morgan fingerprint density at radius 3 is 2.12 bits per heavy atom. The second-order valence-corrected chi connectivity index (χ2v) is 5.50. The molecule has 0 atom stereocenters. The molecule has 1 aromatic carbocycles. The fourth-order valence-electron chi connectivity index (χ4n) is 1.90. The van der Waals surface area contributed by atoms with Crippen molar-refractivity contribution in [2.75, 3.05) is 0 Å².